The van der Waals surface area contributed by atoms with Gasteiger partial charge in [0.25, 0.3) is 5.91 Å². The van der Waals surface area contributed by atoms with Crippen molar-refractivity contribution in [1.29, 1.82) is 0 Å². The molecule has 2 aromatic heterocycles. The first-order chi connectivity index (χ1) is 17.0. The Hall–Kier alpha value is -3.88. The predicted octanol–water partition coefficient (Wildman–Crippen LogP) is 3.44. The van der Waals surface area contributed by atoms with Crippen LogP contribution in [0.4, 0.5) is 22.9 Å². The molecule has 33 heavy (non-hydrogen) atoms. The Morgan fingerprint density at radius 2 is 2.03 bits per heavy atom. The number of para-hydroxylation sites is 1. The Balaban J connectivity index is 1.56. The van der Waals surface area contributed by atoms with E-state index in [4.69, 9.17) is 4.11 Å². The van der Waals surface area contributed by atoms with E-state index in [9.17, 15) is 9.59 Å². The van der Waals surface area contributed by atoms with E-state index in [1.165, 1.54) is 6.20 Å². The maximum atomic E-state index is 12.8. The van der Waals surface area contributed by atoms with E-state index >= 15 is 0 Å². The number of anilines is 4. The summed E-state index contributed by atoms with van der Waals surface area (Å²) < 4.78 is 24.1. The van der Waals surface area contributed by atoms with Gasteiger partial charge in [0.2, 0.25) is 5.91 Å². The molecule has 1 aromatic carbocycles. The van der Waals surface area contributed by atoms with Gasteiger partial charge in [-0.2, -0.15) is 5.10 Å². The number of rotatable bonds is 5. The van der Waals surface area contributed by atoms with Gasteiger partial charge >= 0.3 is 0 Å². The van der Waals surface area contributed by atoms with Crippen molar-refractivity contribution in [2.45, 2.75) is 25.8 Å². The molecule has 0 radical (unpaired) electrons. The van der Waals surface area contributed by atoms with E-state index in [-0.39, 0.29) is 29.2 Å². The molecule has 0 bridgehead atoms. The lowest BCUT2D eigenvalue weighted by atomic mass is 9.94. The number of benzene rings is 1. The monoisotopic (exact) mass is 448 g/mol. The molecule has 1 aliphatic carbocycles. The maximum Gasteiger partial charge on any atom is 0.254 e. The van der Waals surface area contributed by atoms with Crippen LogP contribution in [0.25, 0.3) is 11.3 Å². The van der Waals surface area contributed by atoms with E-state index in [1.54, 1.807) is 10.7 Å². The van der Waals surface area contributed by atoms with E-state index in [0.29, 0.717) is 11.4 Å². The van der Waals surface area contributed by atoms with Crippen LogP contribution >= 0.6 is 0 Å². The maximum absolute atomic E-state index is 12.8. The van der Waals surface area contributed by atoms with Crippen LogP contribution in [0.15, 0.2) is 36.7 Å². The Kier molecular flexibility index (Phi) is 4.23. The summed E-state index contributed by atoms with van der Waals surface area (Å²) in [4.78, 5) is 31.4. The average molecular weight is 449 g/mol. The van der Waals surface area contributed by atoms with Crippen LogP contribution in [0.1, 0.15) is 45.8 Å². The fourth-order valence-electron chi connectivity index (χ4n) is 4.23. The molecule has 3 aromatic rings. The molecular weight excluding hydrogens is 418 g/mol. The topological polar surface area (TPSA) is 104 Å². The number of aromatic nitrogens is 3. The largest absolute Gasteiger partial charge is 0.365 e. The van der Waals surface area contributed by atoms with Crippen molar-refractivity contribution in [3.8, 4) is 11.3 Å². The summed E-state index contributed by atoms with van der Waals surface area (Å²) in [6, 6.07) is 7.36. The number of nitrogens with zero attached hydrogens (tertiary/aromatic N) is 4. The standard InChI is InChI=1S/C24H27N7O2/c1-13-17-12-30(3)29-21(17)15-6-5-7-18(22(15)31(13)4)27-19-10-20(28-23(32)14-8-9-14)26-11-16(19)24(33)25-2/h5-7,10-14H,8-9H2,1-4H3,(H,25,33)(H2,26,27,28,32)/i2D3. The lowest BCUT2D eigenvalue weighted by Gasteiger charge is -2.35. The highest BCUT2D eigenvalue weighted by Crippen LogP contribution is 2.47. The molecule has 2 aliphatic rings. The minimum Gasteiger partial charge on any atom is -0.365 e. The number of carbonyl (C=O) groups excluding carboxylic acids is 2. The molecule has 1 fully saturated rings. The van der Waals surface area contributed by atoms with Crippen LogP contribution in [0.5, 0.6) is 0 Å². The van der Waals surface area contributed by atoms with Crippen LogP contribution in [-0.2, 0) is 11.8 Å². The summed E-state index contributed by atoms with van der Waals surface area (Å²) in [5, 5.41) is 12.8. The number of carbonyl (C=O) groups is 2. The molecule has 3 heterocycles. The second-order valence-electron chi connectivity index (χ2n) is 8.55. The molecule has 1 unspecified atom stereocenters. The molecule has 3 N–H and O–H groups in total. The molecule has 0 saturated heterocycles. The summed E-state index contributed by atoms with van der Waals surface area (Å²) in [5.74, 6) is -0.672. The normalized spacial score (nSPS) is 18.3. The van der Waals surface area contributed by atoms with Crippen LogP contribution in [0.3, 0.4) is 0 Å². The van der Waals surface area contributed by atoms with E-state index in [1.807, 2.05) is 43.8 Å². The van der Waals surface area contributed by atoms with Gasteiger partial charge < -0.3 is 20.9 Å². The SMILES string of the molecule is [2H]C([2H])([2H])NC(=O)c1cnc(NC(=O)C2CC2)cc1Nc1cccc2c1N(C)C(C)c1cn(C)nc1-2. The zero-order valence-electron chi connectivity index (χ0n) is 21.6. The number of pyridine rings is 1. The van der Waals surface area contributed by atoms with Crippen LogP contribution in [0.2, 0.25) is 0 Å². The van der Waals surface area contributed by atoms with Gasteiger partial charge in [-0.15, -0.1) is 0 Å². The number of amides is 2. The van der Waals surface area contributed by atoms with Crippen molar-refractivity contribution in [2.24, 2.45) is 13.0 Å². The highest BCUT2D eigenvalue weighted by atomic mass is 16.2. The number of fused-ring (bicyclic) bond motifs is 3. The fourth-order valence-corrected chi connectivity index (χ4v) is 4.23. The third kappa shape index (κ3) is 3.69. The van der Waals surface area contributed by atoms with Gasteiger partial charge in [-0.3, -0.25) is 14.3 Å². The van der Waals surface area contributed by atoms with Crippen LogP contribution in [-0.4, -0.2) is 40.6 Å². The van der Waals surface area contributed by atoms with Gasteiger partial charge in [0.05, 0.1) is 34.4 Å². The second kappa shape index (κ2) is 7.91. The van der Waals surface area contributed by atoms with Crippen molar-refractivity contribution in [3.63, 3.8) is 0 Å². The van der Waals surface area contributed by atoms with Gasteiger partial charge in [-0.05, 0) is 25.8 Å². The lowest BCUT2D eigenvalue weighted by Crippen LogP contribution is -2.26. The predicted molar refractivity (Wildman–Crippen MR) is 128 cm³/mol. The highest BCUT2D eigenvalue weighted by Gasteiger charge is 2.31. The van der Waals surface area contributed by atoms with E-state index in [2.05, 4.69) is 32.5 Å². The van der Waals surface area contributed by atoms with Crippen molar-refractivity contribution in [2.75, 3.05) is 29.6 Å². The van der Waals surface area contributed by atoms with Crippen molar-refractivity contribution >= 4 is 34.7 Å². The summed E-state index contributed by atoms with van der Waals surface area (Å²) >= 11 is 0. The quantitative estimate of drug-likeness (QED) is 0.552. The summed E-state index contributed by atoms with van der Waals surface area (Å²) in [7, 11) is 3.87. The molecular formula is C24H27N7O2. The average Bonchev–Trinajstić information content (AvgIpc) is 3.58. The summed E-state index contributed by atoms with van der Waals surface area (Å²) in [5.41, 5.74) is 4.87. The Labute approximate surface area is 196 Å². The molecule has 1 aliphatic heterocycles. The molecule has 2 amide bonds. The molecule has 0 spiro atoms. The molecule has 9 nitrogen and oxygen atoms in total. The zero-order valence-corrected chi connectivity index (χ0v) is 18.6. The molecule has 9 heteroatoms. The van der Waals surface area contributed by atoms with Crippen molar-refractivity contribution in [1.82, 2.24) is 20.1 Å². The summed E-state index contributed by atoms with van der Waals surface area (Å²) in [6.07, 6.45) is 4.96. The van der Waals surface area contributed by atoms with Gasteiger partial charge in [0, 0.05) is 60.7 Å². The molecule has 170 valence electrons. The third-order valence-electron chi connectivity index (χ3n) is 6.26. The van der Waals surface area contributed by atoms with Gasteiger partial charge in [0.1, 0.15) is 5.82 Å². The minimum atomic E-state index is -2.66. The van der Waals surface area contributed by atoms with Gasteiger partial charge in [-0.25, -0.2) is 4.98 Å². The molecule has 5 rings (SSSR count). The zero-order chi connectivity index (χ0) is 25.8. The highest BCUT2D eigenvalue weighted by molar-refractivity contribution is 6.02. The Bertz CT molecular complexity index is 1360. The lowest BCUT2D eigenvalue weighted by molar-refractivity contribution is -0.117. The van der Waals surface area contributed by atoms with Crippen molar-refractivity contribution in [3.05, 3.63) is 47.8 Å². The van der Waals surface area contributed by atoms with E-state index < -0.39 is 12.9 Å². The molecule has 1 saturated carbocycles. The van der Waals surface area contributed by atoms with Crippen LogP contribution in [0, 0.1) is 5.92 Å². The first-order valence-corrected chi connectivity index (χ1v) is 10.8. The fraction of sp³-hybridized carbons (Fsp3) is 0.333. The minimum absolute atomic E-state index is 0.0226. The van der Waals surface area contributed by atoms with Crippen molar-refractivity contribution < 1.29 is 13.7 Å². The first kappa shape index (κ1) is 17.6. The van der Waals surface area contributed by atoms with E-state index in [0.717, 1.165) is 35.3 Å². The number of aryl methyl sites for hydroxylation is 1. The number of nitrogens with one attached hydrogen (secondary N) is 3. The van der Waals surface area contributed by atoms with Gasteiger partial charge in [0.15, 0.2) is 0 Å². The number of hydrogen-bond donors (Lipinski definition) is 3. The van der Waals surface area contributed by atoms with Gasteiger partial charge in [-0.1, -0.05) is 12.1 Å². The van der Waals surface area contributed by atoms with Crippen LogP contribution < -0.4 is 20.9 Å². The molecule has 1 atom stereocenters. The number of hydrogen-bond acceptors (Lipinski definition) is 6. The summed E-state index contributed by atoms with van der Waals surface area (Å²) in [6.45, 7) is -0.572. The second-order valence-corrected chi connectivity index (χ2v) is 8.55. The Morgan fingerprint density at radius 3 is 2.79 bits per heavy atom. The third-order valence-corrected chi connectivity index (χ3v) is 6.26. The first-order valence-electron chi connectivity index (χ1n) is 12.3. The Morgan fingerprint density at radius 1 is 1.21 bits per heavy atom. The smallest absolute Gasteiger partial charge is 0.254 e.